The number of methoxy groups -OCH3 is 1. The second-order valence-electron chi connectivity index (χ2n) is 5.03. The first-order valence-corrected chi connectivity index (χ1v) is 7.10. The second kappa shape index (κ2) is 6.35. The predicted octanol–water partition coefficient (Wildman–Crippen LogP) is 2.97. The van der Waals surface area contributed by atoms with Crippen LogP contribution < -0.4 is 10.1 Å². The van der Waals surface area contributed by atoms with Gasteiger partial charge in [-0.15, -0.1) is 0 Å². The van der Waals surface area contributed by atoms with Gasteiger partial charge in [0, 0.05) is 12.6 Å². The first-order valence-electron chi connectivity index (χ1n) is 7.10. The van der Waals surface area contributed by atoms with E-state index in [4.69, 9.17) is 9.47 Å². The average Bonchev–Trinajstić information content (AvgIpc) is 2.95. The third kappa shape index (κ3) is 3.11. The van der Waals surface area contributed by atoms with Gasteiger partial charge >= 0.3 is 5.97 Å². The van der Waals surface area contributed by atoms with E-state index >= 15 is 0 Å². The van der Waals surface area contributed by atoms with Gasteiger partial charge in [0.25, 0.3) is 0 Å². The fourth-order valence-electron chi connectivity index (χ4n) is 2.39. The van der Waals surface area contributed by atoms with E-state index in [1.165, 1.54) is 6.08 Å². The lowest BCUT2D eigenvalue weighted by Gasteiger charge is -2.16. The number of esters is 1. The minimum Gasteiger partial charge on any atom is -0.497 e. The second-order valence-corrected chi connectivity index (χ2v) is 5.03. The highest BCUT2D eigenvalue weighted by molar-refractivity contribution is 5.86. The van der Waals surface area contributed by atoms with Crippen LogP contribution in [0.15, 0.2) is 66.4 Å². The highest BCUT2D eigenvalue weighted by Gasteiger charge is 2.27. The molecule has 3 rings (SSSR count). The number of hydrogen-bond donors (Lipinski definition) is 1. The number of carbonyl (C=O) groups is 1. The Morgan fingerprint density at radius 3 is 2.50 bits per heavy atom. The van der Waals surface area contributed by atoms with Gasteiger partial charge in [-0.05, 0) is 23.3 Å². The molecule has 0 radical (unpaired) electrons. The molecule has 1 aliphatic heterocycles. The largest absolute Gasteiger partial charge is 0.497 e. The molecule has 112 valence electrons. The molecule has 0 fully saturated rings. The van der Waals surface area contributed by atoms with Crippen LogP contribution in [-0.2, 0) is 16.1 Å². The summed E-state index contributed by atoms with van der Waals surface area (Å²) < 4.78 is 10.5. The highest BCUT2D eigenvalue weighted by Crippen LogP contribution is 2.30. The first kappa shape index (κ1) is 14.2. The van der Waals surface area contributed by atoms with E-state index in [1.807, 2.05) is 54.6 Å². The fourth-order valence-corrected chi connectivity index (χ4v) is 2.39. The minimum atomic E-state index is -0.387. The van der Waals surface area contributed by atoms with Crippen LogP contribution in [0.4, 0.5) is 0 Å². The van der Waals surface area contributed by atoms with Crippen molar-refractivity contribution in [2.45, 2.75) is 12.6 Å². The quantitative estimate of drug-likeness (QED) is 0.862. The van der Waals surface area contributed by atoms with Crippen molar-refractivity contribution in [2.24, 2.45) is 0 Å². The maximum atomic E-state index is 11.6. The summed E-state index contributed by atoms with van der Waals surface area (Å²) in [4.78, 5) is 11.6. The van der Waals surface area contributed by atoms with Gasteiger partial charge in [-0.25, -0.2) is 4.79 Å². The van der Waals surface area contributed by atoms with Crippen LogP contribution in [-0.4, -0.2) is 13.1 Å². The lowest BCUT2D eigenvalue weighted by molar-refractivity contribution is -0.139. The van der Waals surface area contributed by atoms with E-state index in [0.717, 1.165) is 22.6 Å². The SMILES string of the molecule is COc1ccc([C@H]2OC(=O)C=C2NCc2ccccc2)cc1. The summed E-state index contributed by atoms with van der Waals surface area (Å²) in [6, 6.07) is 17.5. The van der Waals surface area contributed by atoms with Crippen LogP contribution in [0.3, 0.4) is 0 Å². The molecule has 1 aliphatic rings. The number of ether oxygens (including phenoxy) is 2. The third-order valence-electron chi connectivity index (χ3n) is 3.55. The molecule has 2 aromatic carbocycles. The van der Waals surface area contributed by atoms with Crippen molar-refractivity contribution in [2.75, 3.05) is 7.11 Å². The lowest BCUT2D eigenvalue weighted by Crippen LogP contribution is -2.17. The summed E-state index contributed by atoms with van der Waals surface area (Å²) in [6.07, 6.45) is 1.12. The zero-order valence-electron chi connectivity index (χ0n) is 12.3. The number of carbonyl (C=O) groups excluding carboxylic acids is 1. The van der Waals surface area contributed by atoms with E-state index in [1.54, 1.807) is 7.11 Å². The van der Waals surface area contributed by atoms with Gasteiger partial charge in [0.15, 0.2) is 6.10 Å². The Hall–Kier alpha value is -2.75. The molecule has 0 bridgehead atoms. The average molecular weight is 295 g/mol. The Morgan fingerprint density at radius 2 is 1.82 bits per heavy atom. The van der Waals surface area contributed by atoms with Gasteiger partial charge in [-0.3, -0.25) is 0 Å². The Morgan fingerprint density at radius 1 is 1.09 bits per heavy atom. The van der Waals surface area contributed by atoms with Crippen LogP contribution in [0.25, 0.3) is 0 Å². The standard InChI is InChI=1S/C18H17NO3/c1-21-15-9-7-14(8-10-15)18-16(11-17(20)22-18)19-12-13-5-3-2-4-6-13/h2-11,18-19H,12H2,1H3/t18-/m1/s1. The van der Waals surface area contributed by atoms with E-state index in [2.05, 4.69) is 5.32 Å². The molecule has 0 amide bonds. The number of nitrogens with one attached hydrogen (secondary N) is 1. The molecule has 1 heterocycles. The van der Waals surface area contributed by atoms with Gasteiger partial charge in [0.05, 0.1) is 12.8 Å². The molecule has 0 aromatic heterocycles. The van der Waals surface area contributed by atoms with Crippen LogP contribution in [0, 0.1) is 0 Å². The molecule has 0 aliphatic carbocycles. The normalized spacial score (nSPS) is 16.9. The molecule has 0 unspecified atom stereocenters. The van der Waals surface area contributed by atoms with E-state index < -0.39 is 0 Å². The predicted molar refractivity (Wildman–Crippen MR) is 83.2 cm³/mol. The van der Waals surface area contributed by atoms with Crippen LogP contribution in [0.1, 0.15) is 17.2 Å². The van der Waals surface area contributed by atoms with Crippen molar-refractivity contribution >= 4 is 5.97 Å². The lowest BCUT2D eigenvalue weighted by atomic mass is 10.1. The summed E-state index contributed by atoms with van der Waals surface area (Å²) in [6.45, 7) is 0.649. The minimum absolute atomic E-state index is 0.323. The molecule has 1 atom stereocenters. The van der Waals surface area contributed by atoms with Crippen molar-refractivity contribution < 1.29 is 14.3 Å². The van der Waals surface area contributed by atoms with E-state index in [-0.39, 0.29) is 12.1 Å². The molecular weight excluding hydrogens is 278 g/mol. The Balaban J connectivity index is 1.73. The maximum absolute atomic E-state index is 11.6. The van der Waals surface area contributed by atoms with E-state index in [9.17, 15) is 4.79 Å². The fraction of sp³-hybridized carbons (Fsp3) is 0.167. The summed E-state index contributed by atoms with van der Waals surface area (Å²) in [5.74, 6) is 0.451. The summed E-state index contributed by atoms with van der Waals surface area (Å²) in [5, 5.41) is 3.29. The smallest absolute Gasteiger partial charge is 0.333 e. The van der Waals surface area contributed by atoms with Gasteiger partial charge in [0.2, 0.25) is 0 Å². The van der Waals surface area contributed by atoms with Crippen molar-refractivity contribution in [3.8, 4) is 5.75 Å². The van der Waals surface area contributed by atoms with Crippen LogP contribution in [0.5, 0.6) is 5.75 Å². The maximum Gasteiger partial charge on any atom is 0.333 e. The Bertz CT molecular complexity index is 677. The Labute approximate surface area is 129 Å². The molecule has 4 heteroatoms. The number of cyclic esters (lactones) is 1. The van der Waals surface area contributed by atoms with Crippen LogP contribution in [0.2, 0.25) is 0 Å². The van der Waals surface area contributed by atoms with Crippen molar-refractivity contribution in [1.82, 2.24) is 5.32 Å². The van der Waals surface area contributed by atoms with E-state index in [0.29, 0.717) is 6.54 Å². The van der Waals surface area contributed by atoms with Crippen LogP contribution >= 0.6 is 0 Å². The summed E-state index contributed by atoms with van der Waals surface area (Å²) >= 11 is 0. The zero-order chi connectivity index (χ0) is 15.4. The summed E-state index contributed by atoms with van der Waals surface area (Å²) in [5.41, 5.74) is 2.84. The number of hydrogen-bond acceptors (Lipinski definition) is 4. The highest BCUT2D eigenvalue weighted by atomic mass is 16.5. The third-order valence-corrected chi connectivity index (χ3v) is 3.55. The van der Waals surface area contributed by atoms with Gasteiger partial charge < -0.3 is 14.8 Å². The molecule has 0 saturated heterocycles. The number of rotatable bonds is 5. The van der Waals surface area contributed by atoms with Crippen molar-refractivity contribution in [3.63, 3.8) is 0 Å². The molecule has 0 saturated carbocycles. The molecule has 2 aromatic rings. The van der Waals surface area contributed by atoms with Gasteiger partial charge in [-0.1, -0.05) is 42.5 Å². The van der Waals surface area contributed by atoms with Gasteiger partial charge in [-0.2, -0.15) is 0 Å². The molecular formula is C18H17NO3. The Kier molecular flexibility index (Phi) is 4.10. The molecule has 4 nitrogen and oxygen atoms in total. The zero-order valence-corrected chi connectivity index (χ0v) is 12.3. The number of benzene rings is 2. The first-order chi connectivity index (χ1) is 10.8. The van der Waals surface area contributed by atoms with Gasteiger partial charge in [0.1, 0.15) is 5.75 Å². The molecule has 0 spiro atoms. The molecule has 22 heavy (non-hydrogen) atoms. The van der Waals surface area contributed by atoms with Crippen molar-refractivity contribution in [3.05, 3.63) is 77.5 Å². The van der Waals surface area contributed by atoms with Crippen molar-refractivity contribution in [1.29, 1.82) is 0 Å². The monoisotopic (exact) mass is 295 g/mol. The molecule has 1 N–H and O–H groups in total. The summed E-state index contributed by atoms with van der Waals surface area (Å²) in [7, 11) is 1.62. The topological polar surface area (TPSA) is 47.6 Å².